The second kappa shape index (κ2) is 6.72. The number of rotatable bonds is 5. The lowest BCUT2D eigenvalue weighted by molar-refractivity contribution is 0.185. The monoisotopic (exact) mass is 183 g/mol. The Balaban J connectivity index is 4.00. The molecule has 2 nitrogen and oxygen atoms in total. The highest BCUT2D eigenvalue weighted by atomic mass is 16.5. The van der Waals surface area contributed by atoms with Crippen LogP contribution in [0, 0.1) is 5.92 Å². The van der Waals surface area contributed by atoms with E-state index in [4.69, 9.17) is 10.5 Å². The molecule has 1 unspecified atom stereocenters. The maximum Gasteiger partial charge on any atom is 0.0467 e. The average Bonchev–Trinajstić information content (AvgIpc) is 2.10. The first-order chi connectivity index (χ1) is 6.07. The maximum absolute atomic E-state index is 5.53. The standard InChI is InChI=1S/C11H21NO/c1-9(5-6-11(3)12)10(2)7-8-13-4/h5-6,10H,7-8,12H2,1-4H3/b9-5+,11-6+. The van der Waals surface area contributed by atoms with E-state index in [0.29, 0.717) is 5.92 Å². The summed E-state index contributed by atoms with van der Waals surface area (Å²) in [6.45, 7) is 7.03. The van der Waals surface area contributed by atoms with Gasteiger partial charge in [-0.15, -0.1) is 0 Å². The Morgan fingerprint density at radius 2 is 2.00 bits per heavy atom. The number of methoxy groups -OCH3 is 1. The molecule has 0 aliphatic carbocycles. The summed E-state index contributed by atoms with van der Waals surface area (Å²) in [6.07, 6.45) is 5.09. The van der Waals surface area contributed by atoms with Crippen molar-refractivity contribution in [3.63, 3.8) is 0 Å². The van der Waals surface area contributed by atoms with Crippen molar-refractivity contribution in [2.24, 2.45) is 11.7 Å². The Hall–Kier alpha value is -0.760. The Morgan fingerprint density at radius 1 is 1.38 bits per heavy atom. The smallest absolute Gasteiger partial charge is 0.0467 e. The highest BCUT2D eigenvalue weighted by Gasteiger charge is 2.02. The molecule has 0 spiro atoms. The normalized spacial score (nSPS) is 16.0. The second-order valence-corrected chi connectivity index (χ2v) is 3.50. The van der Waals surface area contributed by atoms with Crippen LogP contribution in [0.15, 0.2) is 23.4 Å². The third-order valence-electron chi connectivity index (χ3n) is 2.14. The summed E-state index contributed by atoms with van der Waals surface area (Å²) < 4.78 is 5.02. The van der Waals surface area contributed by atoms with E-state index >= 15 is 0 Å². The Labute approximate surface area is 81.5 Å². The van der Waals surface area contributed by atoms with Crippen molar-refractivity contribution < 1.29 is 4.74 Å². The van der Waals surface area contributed by atoms with Gasteiger partial charge in [-0.3, -0.25) is 0 Å². The Bertz CT molecular complexity index is 190. The fourth-order valence-corrected chi connectivity index (χ4v) is 0.949. The minimum atomic E-state index is 0.565. The summed E-state index contributed by atoms with van der Waals surface area (Å²) in [7, 11) is 1.73. The fraction of sp³-hybridized carbons (Fsp3) is 0.636. The average molecular weight is 183 g/mol. The van der Waals surface area contributed by atoms with Crippen LogP contribution in [0.25, 0.3) is 0 Å². The molecule has 0 bridgehead atoms. The lowest BCUT2D eigenvalue weighted by atomic mass is 9.99. The topological polar surface area (TPSA) is 35.2 Å². The van der Waals surface area contributed by atoms with Gasteiger partial charge in [-0.05, 0) is 32.3 Å². The van der Waals surface area contributed by atoms with Gasteiger partial charge in [0.1, 0.15) is 0 Å². The summed E-state index contributed by atoms with van der Waals surface area (Å²) in [5, 5.41) is 0. The van der Waals surface area contributed by atoms with Crippen LogP contribution in [-0.2, 0) is 4.74 Å². The highest BCUT2D eigenvalue weighted by Crippen LogP contribution is 2.13. The molecular weight excluding hydrogens is 162 g/mol. The zero-order valence-electron chi connectivity index (χ0n) is 9.13. The van der Waals surface area contributed by atoms with E-state index in [9.17, 15) is 0 Å². The van der Waals surface area contributed by atoms with Gasteiger partial charge in [0.2, 0.25) is 0 Å². The van der Waals surface area contributed by atoms with Gasteiger partial charge in [-0.25, -0.2) is 0 Å². The number of hydrogen-bond acceptors (Lipinski definition) is 2. The van der Waals surface area contributed by atoms with Crippen molar-refractivity contribution in [1.29, 1.82) is 0 Å². The van der Waals surface area contributed by atoms with Crippen LogP contribution in [0.1, 0.15) is 27.2 Å². The van der Waals surface area contributed by atoms with Crippen LogP contribution < -0.4 is 5.73 Å². The van der Waals surface area contributed by atoms with Crippen molar-refractivity contribution >= 4 is 0 Å². The molecule has 0 fully saturated rings. The molecule has 2 heteroatoms. The van der Waals surface area contributed by atoms with Crippen LogP contribution in [0.2, 0.25) is 0 Å². The minimum absolute atomic E-state index is 0.565. The molecule has 0 aromatic heterocycles. The van der Waals surface area contributed by atoms with E-state index in [1.807, 2.05) is 13.0 Å². The molecule has 0 aromatic rings. The van der Waals surface area contributed by atoms with Crippen molar-refractivity contribution in [2.45, 2.75) is 27.2 Å². The predicted molar refractivity (Wildman–Crippen MR) is 57.4 cm³/mol. The van der Waals surface area contributed by atoms with Crippen molar-refractivity contribution in [2.75, 3.05) is 13.7 Å². The van der Waals surface area contributed by atoms with Gasteiger partial charge in [-0.1, -0.05) is 18.6 Å². The van der Waals surface area contributed by atoms with Crippen LogP contribution >= 0.6 is 0 Å². The van der Waals surface area contributed by atoms with E-state index in [0.717, 1.165) is 18.7 Å². The largest absolute Gasteiger partial charge is 0.402 e. The summed E-state index contributed by atoms with van der Waals surface area (Å²) in [5.74, 6) is 0.565. The van der Waals surface area contributed by atoms with E-state index in [2.05, 4.69) is 19.9 Å². The quantitative estimate of drug-likeness (QED) is 0.664. The molecule has 76 valence electrons. The molecule has 13 heavy (non-hydrogen) atoms. The van der Waals surface area contributed by atoms with Gasteiger partial charge < -0.3 is 10.5 Å². The lowest BCUT2D eigenvalue weighted by Crippen LogP contribution is -2.01. The third kappa shape index (κ3) is 6.41. The summed E-state index contributed by atoms with van der Waals surface area (Å²) in [6, 6.07) is 0. The first kappa shape index (κ1) is 12.2. The molecule has 0 rings (SSSR count). The zero-order chi connectivity index (χ0) is 10.3. The molecule has 0 radical (unpaired) electrons. The first-order valence-electron chi connectivity index (χ1n) is 4.67. The third-order valence-corrected chi connectivity index (χ3v) is 2.14. The molecule has 0 aromatic carbocycles. The zero-order valence-corrected chi connectivity index (χ0v) is 9.13. The fourth-order valence-electron chi connectivity index (χ4n) is 0.949. The number of hydrogen-bond donors (Lipinski definition) is 1. The van der Waals surface area contributed by atoms with Crippen LogP contribution in [0.5, 0.6) is 0 Å². The van der Waals surface area contributed by atoms with E-state index in [-0.39, 0.29) is 0 Å². The molecule has 0 aliphatic heterocycles. The summed E-state index contributed by atoms with van der Waals surface area (Å²) in [4.78, 5) is 0. The first-order valence-corrected chi connectivity index (χ1v) is 4.67. The molecule has 0 aliphatic rings. The SMILES string of the molecule is COCCC(C)/C(C)=C/C=C(\C)N. The number of allylic oxidation sites excluding steroid dienone is 4. The van der Waals surface area contributed by atoms with Crippen LogP contribution in [-0.4, -0.2) is 13.7 Å². The second-order valence-electron chi connectivity index (χ2n) is 3.50. The van der Waals surface area contributed by atoms with Crippen LogP contribution in [0.4, 0.5) is 0 Å². The summed E-state index contributed by atoms with van der Waals surface area (Å²) in [5.41, 5.74) is 7.73. The molecule has 1 atom stereocenters. The molecule has 0 saturated heterocycles. The lowest BCUT2D eigenvalue weighted by Gasteiger charge is -2.10. The molecule has 0 saturated carbocycles. The predicted octanol–water partition coefficient (Wildman–Crippen LogP) is 2.47. The van der Waals surface area contributed by atoms with E-state index < -0.39 is 0 Å². The maximum atomic E-state index is 5.53. The van der Waals surface area contributed by atoms with Gasteiger partial charge in [0.25, 0.3) is 0 Å². The van der Waals surface area contributed by atoms with E-state index in [1.54, 1.807) is 7.11 Å². The molecule has 2 N–H and O–H groups in total. The van der Waals surface area contributed by atoms with E-state index in [1.165, 1.54) is 5.57 Å². The number of nitrogens with two attached hydrogens (primary N) is 1. The molecule has 0 amide bonds. The van der Waals surface area contributed by atoms with Crippen molar-refractivity contribution in [3.8, 4) is 0 Å². The highest BCUT2D eigenvalue weighted by molar-refractivity contribution is 5.15. The molecular formula is C11H21NO. The number of ether oxygens (including phenoxy) is 1. The van der Waals surface area contributed by atoms with Gasteiger partial charge in [-0.2, -0.15) is 0 Å². The minimum Gasteiger partial charge on any atom is -0.402 e. The van der Waals surface area contributed by atoms with Crippen LogP contribution in [0.3, 0.4) is 0 Å². The van der Waals surface area contributed by atoms with Gasteiger partial charge in [0.05, 0.1) is 0 Å². The Morgan fingerprint density at radius 3 is 2.46 bits per heavy atom. The van der Waals surface area contributed by atoms with Gasteiger partial charge in [0.15, 0.2) is 0 Å². The van der Waals surface area contributed by atoms with Gasteiger partial charge >= 0.3 is 0 Å². The summed E-state index contributed by atoms with van der Waals surface area (Å²) >= 11 is 0. The van der Waals surface area contributed by atoms with Gasteiger partial charge in [0, 0.05) is 19.4 Å². The molecule has 0 heterocycles. The Kier molecular flexibility index (Phi) is 6.33. The van der Waals surface area contributed by atoms with Crippen molar-refractivity contribution in [3.05, 3.63) is 23.4 Å². The van der Waals surface area contributed by atoms with Crippen molar-refractivity contribution in [1.82, 2.24) is 0 Å².